The Kier molecular flexibility index (Phi) is 4.26. The van der Waals surface area contributed by atoms with Crippen molar-refractivity contribution >= 4 is 10.0 Å². The van der Waals surface area contributed by atoms with Gasteiger partial charge in [0.05, 0.1) is 6.61 Å². The number of primary sulfonamides is 1. The Labute approximate surface area is 118 Å². The van der Waals surface area contributed by atoms with Crippen LogP contribution in [0.25, 0.3) is 0 Å². The zero-order valence-electron chi connectivity index (χ0n) is 10.9. The molecule has 0 saturated heterocycles. The summed E-state index contributed by atoms with van der Waals surface area (Å²) in [4.78, 5) is -0.0900. The Morgan fingerprint density at radius 1 is 1.05 bits per heavy atom. The van der Waals surface area contributed by atoms with Gasteiger partial charge in [-0.1, -0.05) is 18.2 Å². The van der Waals surface area contributed by atoms with Crippen LogP contribution in [-0.2, 0) is 10.0 Å². The van der Waals surface area contributed by atoms with Crippen molar-refractivity contribution in [3.8, 4) is 17.2 Å². The molecule has 0 aromatic heterocycles. The first-order valence-electron chi connectivity index (χ1n) is 6.03. The number of benzene rings is 2. The number of hydrogen-bond donors (Lipinski definition) is 1. The molecule has 0 spiro atoms. The van der Waals surface area contributed by atoms with Crippen LogP contribution >= 0.6 is 0 Å². The van der Waals surface area contributed by atoms with Gasteiger partial charge in [0, 0.05) is 6.07 Å². The van der Waals surface area contributed by atoms with E-state index in [1.807, 2.05) is 18.2 Å². The average molecular weight is 293 g/mol. The second-order valence-electron chi connectivity index (χ2n) is 4.00. The number of ether oxygens (including phenoxy) is 2. The molecule has 6 heteroatoms. The third-order valence-corrected chi connectivity index (χ3v) is 3.43. The molecule has 0 aliphatic heterocycles. The van der Waals surface area contributed by atoms with Gasteiger partial charge in [0.15, 0.2) is 0 Å². The average Bonchev–Trinajstić information content (AvgIpc) is 2.41. The Morgan fingerprint density at radius 3 is 2.35 bits per heavy atom. The molecule has 2 N–H and O–H groups in total. The SMILES string of the molecule is CCOc1ccc(Oc2ccccc2)cc1S(N)(=O)=O. The molecule has 0 fully saturated rings. The van der Waals surface area contributed by atoms with Crippen molar-refractivity contribution < 1.29 is 17.9 Å². The standard InChI is InChI=1S/C14H15NO4S/c1-2-18-13-9-8-12(10-14(13)20(15,16)17)19-11-6-4-3-5-7-11/h3-10H,2H2,1H3,(H2,15,16,17). The fourth-order valence-electron chi connectivity index (χ4n) is 1.67. The van der Waals surface area contributed by atoms with Gasteiger partial charge in [-0.2, -0.15) is 0 Å². The van der Waals surface area contributed by atoms with Gasteiger partial charge >= 0.3 is 0 Å². The third-order valence-electron chi connectivity index (χ3n) is 2.50. The van der Waals surface area contributed by atoms with Crippen LogP contribution in [-0.4, -0.2) is 15.0 Å². The first-order chi connectivity index (χ1) is 9.50. The lowest BCUT2D eigenvalue weighted by molar-refractivity contribution is 0.330. The summed E-state index contributed by atoms with van der Waals surface area (Å²) in [5.74, 6) is 1.20. The van der Waals surface area contributed by atoms with Crippen LogP contribution < -0.4 is 14.6 Å². The van der Waals surface area contributed by atoms with Crippen LogP contribution in [0.1, 0.15) is 6.92 Å². The van der Waals surface area contributed by atoms with Gasteiger partial charge in [-0.25, -0.2) is 13.6 Å². The van der Waals surface area contributed by atoms with Gasteiger partial charge in [0.2, 0.25) is 10.0 Å². The van der Waals surface area contributed by atoms with E-state index in [0.29, 0.717) is 18.1 Å². The highest BCUT2D eigenvalue weighted by atomic mass is 32.2. The molecular formula is C14H15NO4S. The van der Waals surface area contributed by atoms with E-state index >= 15 is 0 Å². The molecule has 0 unspecified atom stereocenters. The molecule has 0 aliphatic carbocycles. The van der Waals surface area contributed by atoms with Crippen LogP contribution in [0.5, 0.6) is 17.2 Å². The Hall–Kier alpha value is -2.05. The van der Waals surface area contributed by atoms with E-state index in [0.717, 1.165) is 0 Å². The van der Waals surface area contributed by atoms with Crippen LogP contribution in [0.2, 0.25) is 0 Å². The second kappa shape index (κ2) is 5.94. The van der Waals surface area contributed by atoms with E-state index < -0.39 is 10.0 Å². The lowest BCUT2D eigenvalue weighted by atomic mass is 10.3. The summed E-state index contributed by atoms with van der Waals surface area (Å²) in [6.07, 6.45) is 0. The van der Waals surface area contributed by atoms with E-state index in [2.05, 4.69) is 0 Å². The molecule has 0 saturated carbocycles. The molecule has 5 nitrogen and oxygen atoms in total. The van der Waals surface area contributed by atoms with E-state index in [9.17, 15) is 8.42 Å². The predicted octanol–water partition coefficient (Wildman–Crippen LogP) is 2.52. The molecular weight excluding hydrogens is 278 g/mol. The Bertz CT molecular complexity index is 684. The smallest absolute Gasteiger partial charge is 0.241 e. The summed E-state index contributed by atoms with van der Waals surface area (Å²) < 4.78 is 34.0. The number of hydrogen-bond acceptors (Lipinski definition) is 4. The van der Waals surface area contributed by atoms with Crippen molar-refractivity contribution in [2.45, 2.75) is 11.8 Å². The fraction of sp³-hybridized carbons (Fsp3) is 0.143. The maximum absolute atomic E-state index is 11.6. The molecule has 0 radical (unpaired) electrons. The van der Waals surface area contributed by atoms with Crippen molar-refractivity contribution in [3.05, 3.63) is 48.5 Å². The minimum absolute atomic E-state index is 0.0900. The second-order valence-corrected chi connectivity index (χ2v) is 5.53. The van der Waals surface area contributed by atoms with E-state index in [1.165, 1.54) is 12.1 Å². The van der Waals surface area contributed by atoms with E-state index in [1.54, 1.807) is 25.1 Å². The first-order valence-corrected chi connectivity index (χ1v) is 7.58. The minimum atomic E-state index is -3.88. The summed E-state index contributed by atoms with van der Waals surface area (Å²) in [6.45, 7) is 2.11. The quantitative estimate of drug-likeness (QED) is 0.918. The summed E-state index contributed by atoms with van der Waals surface area (Å²) in [5, 5.41) is 5.19. The molecule has 0 aliphatic rings. The molecule has 106 valence electrons. The molecule has 0 bridgehead atoms. The van der Waals surface area contributed by atoms with E-state index in [4.69, 9.17) is 14.6 Å². The van der Waals surface area contributed by atoms with Gasteiger partial charge in [-0.15, -0.1) is 0 Å². The fourth-order valence-corrected chi connectivity index (χ4v) is 2.36. The lowest BCUT2D eigenvalue weighted by Crippen LogP contribution is -2.14. The van der Waals surface area contributed by atoms with Crippen LogP contribution in [0.15, 0.2) is 53.4 Å². The molecule has 20 heavy (non-hydrogen) atoms. The van der Waals surface area contributed by atoms with Crippen molar-refractivity contribution in [3.63, 3.8) is 0 Å². The zero-order valence-corrected chi connectivity index (χ0v) is 11.8. The molecule has 0 amide bonds. The van der Waals surface area contributed by atoms with Gasteiger partial charge in [0.1, 0.15) is 22.1 Å². The minimum Gasteiger partial charge on any atom is -0.492 e. The van der Waals surface area contributed by atoms with Crippen molar-refractivity contribution in [1.82, 2.24) is 0 Å². The van der Waals surface area contributed by atoms with Crippen LogP contribution in [0, 0.1) is 0 Å². The van der Waals surface area contributed by atoms with Crippen LogP contribution in [0.3, 0.4) is 0 Å². The lowest BCUT2D eigenvalue weighted by Gasteiger charge is -2.11. The number of sulfonamides is 1. The highest BCUT2D eigenvalue weighted by molar-refractivity contribution is 7.89. The topological polar surface area (TPSA) is 78.6 Å². The van der Waals surface area contributed by atoms with Crippen molar-refractivity contribution in [2.75, 3.05) is 6.61 Å². The van der Waals surface area contributed by atoms with Gasteiger partial charge < -0.3 is 9.47 Å². The molecule has 0 heterocycles. The van der Waals surface area contributed by atoms with Gasteiger partial charge in [-0.05, 0) is 31.2 Å². The van der Waals surface area contributed by atoms with Crippen molar-refractivity contribution in [1.29, 1.82) is 0 Å². The number of rotatable bonds is 5. The highest BCUT2D eigenvalue weighted by Gasteiger charge is 2.16. The number of nitrogens with two attached hydrogens (primary N) is 1. The largest absolute Gasteiger partial charge is 0.492 e. The van der Waals surface area contributed by atoms with Crippen molar-refractivity contribution in [2.24, 2.45) is 5.14 Å². The highest BCUT2D eigenvalue weighted by Crippen LogP contribution is 2.30. The summed E-state index contributed by atoms with van der Waals surface area (Å²) >= 11 is 0. The monoisotopic (exact) mass is 293 g/mol. The normalized spacial score (nSPS) is 11.1. The molecule has 2 aromatic rings. The third kappa shape index (κ3) is 3.49. The van der Waals surface area contributed by atoms with E-state index in [-0.39, 0.29) is 10.6 Å². The van der Waals surface area contributed by atoms with Crippen LogP contribution in [0.4, 0.5) is 0 Å². The Morgan fingerprint density at radius 2 is 1.75 bits per heavy atom. The first kappa shape index (κ1) is 14.4. The Balaban J connectivity index is 2.37. The zero-order chi connectivity index (χ0) is 14.6. The molecule has 2 rings (SSSR count). The van der Waals surface area contributed by atoms with Gasteiger partial charge in [-0.3, -0.25) is 0 Å². The maximum Gasteiger partial charge on any atom is 0.241 e. The summed E-state index contributed by atoms with van der Waals surface area (Å²) in [5.41, 5.74) is 0. The maximum atomic E-state index is 11.6. The molecule has 2 aromatic carbocycles. The predicted molar refractivity (Wildman–Crippen MR) is 75.5 cm³/mol. The summed E-state index contributed by atoms with van der Waals surface area (Å²) in [7, 11) is -3.88. The molecule has 0 atom stereocenters. The summed E-state index contributed by atoms with van der Waals surface area (Å²) in [6, 6.07) is 13.6. The number of para-hydroxylation sites is 1. The van der Waals surface area contributed by atoms with Gasteiger partial charge in [0.25, 0.3) is 0 Å².